The van der Waals surface area contributed by atoms with Crippen LogP contribution in [0, 0.1) is 5.92 Å². The monoisotopic (exact) mass is 301 g/mol. The summed E-state index contributed by atoms with van der Waals surface area (Å²) >= 11 is 0. The van der Waals surface area contributed by atoms with Gasteiger partial charge < -0.3 is 14.8 Å². The summed E-state index contributed by atoms with van der Waals surface area (Å²) < 4.78 is 2.03. The molecule has 0 bridgehead atoms. The van der Waals surface area contributed by atoms with Crippen LogP contribution in [0.2, 0.25) is 0 Å². The first-order valence-corrected chi connectivity index (χ1v) is 8.00. The number of amides is 1. The lowest BCUT2D eigenvalue weighted by atomic mass is 10.0. The van der Waals surface area contributed by atoms with E-state index < -0.39 is 0 Å². The van der Waals surface area contributed by atoms with Crippen molar-refractivity contribution >= 4 is 11.4 Å². The maximum atomic E-state index is 12.6. The molecule has 5 nitrogen and oxygen atoms in total. The molecule has 1 unspecified atom stereocenters. The van der Waals surface area contributed by atoms with E-state index in [1.807, 2.05) is 42.6 Å². The lowest BCUT2D eigenvalue weighted by Gasteiger charge is -2.21. The average Bonchev–Trinajstić information content (AvgIpc) is 3.27. The Morgan fingerprint density at radius 2 is 2.23 bits per heavy atom. The molecule has 3 rings (SSSR count). The first kappa shape index (κ1) is 15.0. The number of fused-ring (bicyclic) bond motifs is 1. The van der Waals surface area contributed by atoms with Crippen LogP contribution in [-0.4, -0.2) is 33.0 Å². The summed E-state index contributed by atoms with van der Waals surface area (Å²) in [6, 6.07) is 5.79. The second kappa shape index (κ2) is 6.08. The minimum Gasteiger partial charge on any atom is -0.396 e. The quantitative estimate of drug-likeness (QED) is 0.860. The molecule has 2 aromatic rings. The number of carbonyl (C=O) groups excluding carboxylic acids is 1. The molecule has 1 saturated carbocycles. The molecular weight excluding hydrogens is 278 g/mol. The highest BCUT2D eigenvalue weighted by molar-refractivity contribution is 5.99. The number of aromatic nitrogens is 2. The second-order valence-corrected chi connectivity index (χ2v) is 6.39. The summed E-state index contributed by atoms with van der Waals surface area (Å²) in [5, 5.41) is 12.2. The minimum absolute atomic E-state index is 0.0395. The van der Waals surface area contributed by atoms with E-state index >= 15 is 0 Å². The summed E-state index contributed by atoms with van der Waals surface area (Å²) in [6.07, 6.45) is 4.83. The Hall–Kier alpha value is -1.88. The first-order chi connectivity index (χ1) is 10.6. The van der Waals surface area contributed by atoms with Crippen molar-refractivity contribution in [2.24, 2.45) is 5.92 Å². The van der Waals surface area contributed by atoms with Crippen LogP contribution < -0.4 is 5.32 Å². The van der Waals surface area contributed by atoms with Crippen LogP contribution in [0.1, 0.15) is 55.3 Å². The molecule has 2 N–H and O–H groups in total. The highest BCUT2D eigenvalue weighted by atomic mass is 16.3. The van der Waals surface area contributed by atoms with Gasteiger partial charge in [-0.15, -0.1) is 0 Å². The van der Waals surface area contributed by atoms with Gasteiger partial charge in [0.1, 0.15) is 5.82 Å². The van der Waals surface area contributed by atoms with Crippen molar-refractivity contribution in [3.05, 3.63) is 35.9 Å². The van der Waals surface area contributed by atoms with Gasteiger partial charge in [0.05, 0.1) is 5.52 Å². The number of rotatable bonds is 6. The topological polar surface area (TPSA) is 66.6 Å². The third kappa shape index (κ3) is 2.86. The van der Waals surface area contributed by atoms with Gasteiger partial charge in [-0.1, -0.05) is 19.9 Å². The van der Waals surface area contributed by atoms with Gasteiger partial charge >= 0.3 is 0 Å². The molecule has 1 aliphatic rings. The number of nitrogens with zero attached hydrogens (tertiary/aromatic N) is 2. The van der Waals surface area contributed by atoms with Crippen molar-refractivity contribution in [3.8, 4) is 0 Å². The highest BCUT2D eigenvalue weighted by Gasteiger charge is 2.30. The van der Waals surface area contributed by atoms with Crippen LogP contribution in [0.25, 0.3) is 5.52 Å². The normalized spacial score (nSPS) is 16.2. The van der Waals surface area contributed by atoms with Crippen LogP contribution in [0.3, 0.4) is 0 Å². The molecule has 2 heterocycles. The van der Waals surface area contributed by atoms with Crippen LogP contribution in [0.4, 0.5) is 0 Å². The number of pyridine rings is 1. The minimum atomic E-state index is -0.150. The standard InChI is InChI=1S/C17H23N3O2/c1-11(2)13(8-10-21)18-17(22)15-14-5-3-4-9-20(14)16(19-15)12-6-7-12/h3-5,9,11-13,21H,6-8,10H2,1-2H3,(H,18,22). The summed E-state index contributed by atoms with van der Waals surface area (Å²) in [4.78, 5) is 17.2. The zero-order valence-electron chi connectivity index (χ0n) is 13.1. The maximum Gasteiger partial charge on any atom is 0.272 e. The Bertz CT molecular complexity index is 674. The number of aliphatic hydroxyl groups is 1. The Balaban J connectivity index is 1.90. The van der Waals surface area contributed by atoms with Gasteiger partial charge in [0.25, 0.3) is 5.91 Å². The fraction of sp³-hybridized carbons (Fsp3) is 0.529. The van der Waals surface area contributed by atoms with E-state index in [9.17, 15) is 4.79 Å². The molecule has 1 aliphatic carbocycles. The third-order valence-electron chi connectivity index (χ3n) is 4.29. The number of nitrogens with one attached hydrogen (secondary N) is 1. The Labute approximate surface area is 130 Å². The molecular formula is C17H23N3O2. The first-order valence-electron chi connectivity index (χ1n) is 8.00. The SMILES string of the molecule is CC(C)C(CCO)NC(=O)c1nc(C2CC2)n2ccccc12. The van der Waals surface area contributed by atoms with Crippen LogP contribution in [-0.2, 0) is 0 Å². The highest BCUT2D eigenvalue weighted by Crippen LogP contribution is 2.39. The Morgan fingerprint density at radius 3 is 2.86 bits per heavy atom. The summed E-state index contributed by atoms with van der Waals surface area (Å²) in [7, 11) is 0. The van der Waals surface area contributed by atoms with Gasteiger partial charge in [0.2, 0.25) is 0 Å². The fourth-order valence-electron chi connectivity index (χ4n) is 2.81. The third-order valence-corrected chi connectivity index (χ3v) is 4.29. The van der Waals surface area contributed by atoms with Gasteiger partial charge in [-0.2, -0.15) is 0 Å². The molecule has 1 atom stereocenters. The molecule has 0 aliphatic heterocycles. The lowest BCUT2D eigenvalue weighted by Crippen LogP contribution is -2.39. The number of imidazole rings is 1. The van der Waals surface area contributed by atoms with E-state index in [-0.39, 0.29) is 24.5 Å². The molecule has 2 aromatic heterocycles. The van der Waals surface area contributed by atoms with E-state index in [0.717, 1.165) is 24.2 Å². The summed E-state index contributed by atoms with van der Waals surface area (Å²) in [5.74, 6) is 1.59. The molecule has 118 valence electrons. The van der Waals surface area contributed by atoms with Crippen LogP contribution in [0.5, 0.6) is 0 Å². The lowest BCUT2D eigenvalue weighted by molar-refractivity contribution is 0.0913. The second-order valence-electron chi connectivity index (χ2n) is 6.39. The van der Waals surface area contributed by atoms with Crippen molar-refractivity contribution in [2.45, 2.75) is 45.1 Å². The van der Waals surface area contributed by atoms with Gasteiger partial charge in [-0.25, -0.2) is 4.98 Å². The van der Waals surface area contributed by atoms with Crippen molar-refractivity contribution in [2.75, 3.05) is 6.61 Å². The van der Waals surface area contributed by atoms with Gasteiger partial charge in [0, 0.05) is 24.8 Å². The van der Waals surface area contributed by atoms with E-state index in [1.54, 1.807) is 0 Å². The smallest absolute Gasteiger partial charge is 0.272 e. The zero-order chi connectivity index (χ0) is 15.7. The van der Waals surface area contributed by atoms with Crippen LogP contribution >= 0.6 is 0 Å². The van der Waals surface area contributed by atoms with E-state index in [4.69, 9.17) is 5.11 Å². The van der Waals surface area contributed by atoms with Crippen LogP contribution in [0.15, 0.2) is 24.4 Å². The molecule has 0 spiro atoms. The molecule has 22 heavy (non-hydrogen) atoms. The number of hydrogen-bond acceptors (Lipinski definition) is 3. The molecule has 1 fully saturated rings. The summed E-state index contributed by atoms with van der Waals surface area (Å²) in [6.45, 7) is 4.16. The van der Waals surface area contributed by atoms with E-state index in [2.05, 4.69) is 10.3 Å². The predicted molar refractivity (Wildman–Crippen MR) is 85.0 cm³/mol. The van der Waals surface area contributed by atoms with Gasteiger partial charge in [-0.05, 0) is 37.3 Å². The maximum absolute atomic E-state index is 12.6. The van der Waals surface area contributed by atoms with Crippen molar-refractivity contribution in [1.29, 1.82) is 0 Å². The molecule has 0 saturated heterocycles. The van der Waals surface area contributed by atoms with E-state index in [0.29, 0.717) is 18.0 Å². The van der Waals surface area contributed by atoms with Crippen molar-refractivity contribution in [1.82, 2.24) is 14.7 Å². The average molecular weight is 301 g/mol. The largest absolute Gasteiger partial charge is 0.396 e. The predicted octanol–water partition coefficient (Wildman–Crippen LogP) is 2.35. The fourth-order valence-corrected chi connectivity index (χ4v) is 2.81. The Morgan fingerprint density at radius 1 is 1.45 bits per heavy atom. The number of hydrogen-bond donors (Lipinski definition) is 2. The number of aliphatic hydroxyl groups excluding tert-OH is 1. The molecule has 0 radical (unpaired) electrons. The van der Waals surface area contributed by atoms with Gasteiger partial charge in [0.15, 0.2) is 5.69 Å². The van der Waals surface area contributed by atoms with E-state index in [1.165, 1.54) is 0 Å². The molecule has 5 heteroatoms. The Kier molecular flexibility index (Phi) is 4.16. The molecule has 0 aromatic carbocycles. The van der Waals surface area contributed by atoms with Crippen molar-refractivity contribution in [3.63, 3.8) is 0 Å². The summed E-state index contributed by atoms with van der Waals surface area (Å²) in [5.41, 5.74) is 1.35. The molecule has 1 amide bonds. The zero-order valence-corrected chi connectivity index (χ0v) is 13.1. The van der Waals surface area contributed by atoms with Gasteiger partial charge in [-0.3, -0.25) is 4.79 Å². The van der Waals surface area contributed by atoms with Crippen molar-refractivity contribution < 1.29 is 9.90 Å². The number of carbonyl (C=O) groups is 1.